The fraction of sp³-hybridized carbons (Fsp3) is 0.174. The standard InChI is InChI=1S/C23H21N5O5S/c1-3-32-22(31)19-8-10-28(27-19)17-6-4-15(5-7-17)24-20(29)12-16-13-34-23(25-16)26-21(30)18-9-11-33-14(18)2/h4-11,13H,3,12H2,1-2H3,(H,24,29)(H,25,26,30). The summed E-state index contributed by atoms with van der Waals surface area (Å²) < 4.78 is 11.6. The van der Waals surface area contributed by atoms with Crippen LogP contribution < -0.4 is 10.6 Å². The minimum Gasteiger partial charge on any atom is -0.469 e. The number of carbonyl (C=O) groups is 3. The molecule has 0 spiro atoms. The zero-order valence-electron chi connectivity index (χ0n) is 18.4. The van der Waals surface area contributed by atoms with Crippen LogP contribution in [0.3, 0.4) is 0 Å². The van der Waals surface area contributed by atoms with E-state index in [-0.39, 0.29) is 30.5 Å². The predicted octanol–water partition coefficient (Wildman–Crippen LogP) is 3.84. The quantitative estimate of drug-likeness (QED) is 0.367. The number of anilines is 2. The van der Waals surface area contributed by atoms with E-state index in [9.17, 15) is 14.4 Å². The van der Waals surface area contributed by atoms with Gasteiger partial charge in [-0.1, -0.05) is 0 Å². The Kier molecular flexibility index (Phi) is 6.83. The second-order valence-corrected chi connectivity index (χ2v) is 7.98. The Bertz CT molecular complexity index is 1320. The van der Waals surface area contributed by atoms with E-state index in [4.69, 9.17) is 9.15 Å². The van der Waals surface area contributed by atoms with E-state index in [1.165, 1.54) is 17.6 Å². The number of ether oxygens (including phenoxy) is 1. The lowest BCUT2D eigenvalue weighted by atomic mass is 10.2. The predicted molar refractivity (Wildman–Crippen MR) is 125 cm³/mol. The van der Waals surface area contributed by atoms with Crippen LogP contribution in [0.1, 0.15) is 39.2 Å². The molecule has 0 saturated carbocycles. The van der Waals surface area contributed by atoms with Crippen molar-refractivity contribution in [3.8, 4) is 5.69 Å². The number of esters is 1. The second-order valence-electron chi connectivity index (χ2n) is 7.13. The van der Waals surface area contributed by atoms with Crippen LogP contribution >= 0.6 is 11.3 Å². The first-order chi connectivity index (χ1) is 16.4. The van der Waals surface area contributed by atoms with Gasteiger partial charge in [0.25, 0.3) is 5.91 Å². The van der Waals surface area contributed by atoms with Crippen molar-refractivity contribution in [2.75, 3.05) is 17.2 Å². The maximum Gasteiger partial charge on any atom is 0.358 e. The van der Waals surface area contributed by atoms with Crippen molar-refractivity contribution in [1.29, 1.82) is 0 Å². The molecular formula is C23H21N5O5S. The Balaban J connectivity index is 1.32. The fourth-order valence-electron chi connectivity index (χ4n) is 3.08. The summed E-state index contributed by atoms with van der Waals surface area (Å²) in [5.41, 5.74) is 2.52. The zero-order chi connectivity index (χ0) is 24.1. The van der Waals surface area contributed by atoms with Crippen LogP contribution in [0.25, 0.3) is 5.69 Å². The minimum absolute atomic E-state index is 0.0565. The molecule has 0 unspecified atom stereocenters. The van der Waals surface area contributed by atoms with Gasteiger partial charge in [0.15, 0.2) is 10.8 Å². The maximum atomic E-state index is 12.4. The first kappa shape index (κ1) is 22.9. The monoisotopic (exact) mass is 479 g/mol. The van der Waals surface area contributed by atoms with E-state index >= 15 is 0 Å². The summed E-state index contributed by atoms with van der Waals surface area (Å²) in [5.74, 6) is -0.522. The van der Waals surface area contributed by atoms with Gasteiger partial charge in [-0.25, -0.2) is 14.5 Å². The topological polar surface area (TPSA) is 128 Å². The van der Waals surface area contributed by atoms with Gasteiger partial charge >= 0.3 is 5.97 Å². The van der Waals surface area contributed by atoms with Crippen molar-refractivity contribution in [2.45, 2.75) is 20.3 Å². The highest BCUT2D eigenvalue weighted by molar-refractivity contribution is 7.14. The zero-order valence-corrected chi connectivity index (χ0v) is 19.2. The molecule has 0 radical (unpaired) electrons. The maximum absolute atomic E-state index is 12.4. The first-order valence-corrected chi connectivity index (χ1v) is 11.2. The number of carbonyl (C=O) groups excluding carboxylic acids is 3. The summed E-state index contributed by atoms with van der Waals surface area (Å²) in [5, 5.41) is 11.8. The minimum atomic E-state index is -0.480. The van der Waals surface area contributed by atoms with Crippen LogP contribution in [0.2, 0.25) is 0 Å². The molecule has 3 aromatic heterocycles. The van der Waals surface area contributed by atoms with E-state index in [0.29, 0.717) is 27.8 Å². The molecule has 0 aliphatic carbocycles. The molecule has 0 aliphatic heterocycles. The molecule has 3 heterocycles. The van der Waals surface area contributed by atoms with Crippen LogP contribution in [0, 0.1) is 6.92 Å². The van der Waals surface area contributed by atoms with E-state index in [2.05, 4.69) is 20.7 Å². The molecule has 34 heavy (non-hydrogen) atoms. The highest BCUT2D eigenvalue weighted by Gasteiger charge is 2.15. The molecule has 10 nitrogen and oxygen atoms in total. The van der Waals surface area contributed by atoms with E-state index in [1.807, 2.05) is 0 Å². The molecule has 0 bridgehead atoms. The van der Waals surface area contributed by atoms with Crippen LogP contribution in [0.15, 0.2) is 58.7 Å². The number of aromatic nitrogens is 3. The molecule has 0 aliphatic rings. The lowest BCUT2D eigenvalue weighted by Gasteiger charge is -2.06. The van der Waals surface area contributed by atoms with Crippen molar-refractivity contribution in [1.82, 2.24) is 14.8 Å². The summed E-state index contributed by atoms with van der Waals surface area (Å²) in [6, 6.07) is 10.2. The van der Waals surface area contributed by atoms with Crippen LogP contribution in [0.4, 0.5) is 10.8 Å². The Morgan fingerprint density at radius 1 is 1.12 bits per heavy atom. The lowest BCUT2D eigenvalue weighted by molar-refractivity contribution is -0.115. The Labute approximate surface area is 198 Å². The number of nitrogens with zero attached hydrogens (tertiary/aromatic N) is 3. The van der Waals surface area contributed by atoms with Gasteiger partial charge < -0.3 is 14.5 Å². The fourth-order valence-corrected chi connectivity index (χ4v) is 3.78. The van der Waals surface area contributed by atoms with Crippen molar-refractivity contribution in [3.05, 3.63) is 76.9 Å². The second kappa shape index (κ2) is 10.1. The number of nitrogens with one attached hydrogen (secondary N) is 2. The number of hydrogen-bond acceptors (Lipinski definition) is 8. The molecule has 0 atom stereocenters. The van der Waals surface area contributed by atoms with Gasteiger partial charge in [-0.05, 0) is 50.2 Å². The molecule has 4 rings (SSSR count). The summed E-state index contributed by atoms with van der Waals surface area (Å²) in [4.78, 5) is 40.7. The van der Waals surface area contributed by atoms with Gasteiger partial charge in [0, 0.05) is 17.3 Å². The third-order valence-corrected chi connectivity index (χ3v) is 5.51. The SMILES string of the molecule is CCOC(=O)c1ccn(-c2ccc(NC(=O)Cc3csc(NC(=O)c4ccoc4C)n3)cc2)n1. The number of hydrogen-bond donors (Lipinski definition) is 2. The van der Waals surface area contributed by atoms with Gasteiger partial charge in [-0.3, -0.25) is 14.9 Å². The molecule has 2 N–H and O–H groups in total. The molecule has 1 aromatic carbocycles. The van der Waals surface area contributed by atoms with Gasteiger partial charge in [-0.15, -0.1) is 11.3 Å². The van der Waals surface area contributed by atoms with Crippen LogP contribution in [-0.2, 0) is 16.0 Å². The Morgan fingerprint density at radius 2 is 1.91 bits per heavy atom. The van der Waals surface area contributed by atoms with E-state index in [1.54, 1.807) is 66.5 Å². The largest absolute Gasteiger partial charge is 0.469 e. The summed E-state index contributed by atoms with van der Waals surface area (Å²) in [6.45, 7) is 3.72. The number of aryl methyl sites for hydroxylation is 1. The van der Waals surface area contributed by atoms with Gasteiger partial charge in [0.2, 0.25) is 5.91 Å². The van der Waals surface area contributed by atoms with Gasteiger partial charge in [0.05, 0.1) is 36.2 Å². The van der Waals surface area contributed by atoms with E-state index < -0.39 is 5.97 Å². The normalized spacial score (nSPS) is 10.6. The lowest BCUT2D eigenvalue weighted by Crippen LogP contribution is -2.15. The molecular weight excluding hydrogens is 458 g/mol. The summed E-state index contributed by atoms with van der Waals surface area (Å²) in [7, 11) is 0. The smallest absolute Gasteiger partial charge is 0.358 e. The van der Waals surface area contributed by atoms with Gasteiger partial charge in [0.1, 0.15) is 5.76 Å². The first-order valence-electron chi connectivity index (χ1n) is 10.4. The average molecular weight is 480 g/mol. The molecule has 4 aromatic rings. The molecule has 2 amide bonds. The molecule has 11 heteroatoms. The third-order valence-electron chi connectivity index (χ3n) is 4.71. The van der Waals surface area contributed by atoms with E-state index in [0.717, 1.165) is 5.69 Å². The Morgan fingerprint density at radius 3 is 2.62 bits per heavy atom. The molecule has 0 fully saturated rings. The highest BCUT2D eigenvalue weighted by atomic mass is 32.1. The number of benzene rings is 1. The number of amides is 2. The van der Waals surface area contributed by atoms with Crippen LogP contribution in [0.5, 0.6) is 0 Å². The summed E-state index contributed by atoms with van der Waals surface area (Å²) >= 11 is 1.24. The van der Waals surface area contributed by atoms with Crippen molar-refractivity contribution in [3.63, 3.8) is 0 Å². The van der Waals surface area contributed by atoms with Crippen molar-refractivity contribution < 1.29 is 23.5 Å². The number of furan rings is 1. The molecule has 174 valence electrons. The average Bonchev–Trinajstić information content (AvgIpc) is 3.56. The Hall–Kier alpha value is -4.25. The van der Waals surface area contributed by atoms with Gasteiger partial charge in [-0.2, -0.15) is 5.10 Å². The summed E-state index contributed by atoms with van der Waals surface area (Å²) in [6.07, 6.45) is 3.16. The number of rotatable bonds is 8. The number of thiazole rings is 1. The highest BCUT2D eigenvalue weighted by Crippen LogP contribution is 2.19. The molecule has 0 saturated heterocycles. The van der Waals surface area contributed by atoms with Crippen molar-refractivity contribution in [2.24, 2.45) is 0 Å². The third kappa shape index (κ3) is 5.38. The van der Waals surface area contributed by atoms with Crippen molar-refractivity contribution >= 4 is 39.9 Å². The van der Waals surface area contributed by atoms with Crippen LogP contribution in [-0.4, -0.2) is 39.2 Å².